The van der Waals surface area contributed by atoms with E-state index >= 15 is 0 Å². The number of rotatable bonds is 5. The molecule has 2 aromatic rings. The van der Waals surface area contributed by atoms with Gasteiger partial charge in [0.05, 0.1) is 17.9 Å². The van der Waals surface area contributed by atoms with Crippen LogP contribution in [0, 0.1) is 11.8 Å². The van der Waals surface area contributed by atoms with Crippen molar-refractivity contribution in [2.45, 2.75) is 31.5 Å². The molecule has 1 amide bonds. The van der Waals surface area contributed by atoms with Crippen molar-refractivity contribution in [3.63, 3.8) is 0 Å². The number of aliphatic hydroxyl groups is 1. The molecule has 0 radical (unpaired) electrons. The maximum atomic E-state index is 11.9. The third-order valence-corrected chi connectivity index (χ3v) is 6.32. The zero-order chi connectivity index (χ0) is 18.1. The van der Waals surface area contributed by atoms with Gasteiger partial charge >= 0.3 is 0 Å². The van der Waals surface area contributed by atoms with Gasteiger partial charge in [-0.25, -0.2) is 4.98 Å². The number of pyridine rings is 1. The smallest absolute Gasteiger partial charge is 0.230 e. The van der Waals surface area contributed by atoms with Crippen molar-refractivity contribution in [1.82, 2.24) is 20.2 Å². The molecular weight excluding hydrogens is 348 g/mol. The van der Waals surface area contributed by atoms with Crippen LogP contribution >= 0.6 is 11.8 Å². The zero-order valence-electron chi connectivity index (χ0n) is 15.0. The number of carbonyl (C=O) groups excluding carboxylic acids is 1. The highest BCUT2D eigenvalue weighted by molar-refractivity contribution is 7.99. The highest BCUT2D eigenvalue weighted by atomic mass is 32.2. The van der Waals surface area contributed by atoms with Gasteiger partial charge < -0.3 is 15.4 Å². The molecule has 140 valence electrons. The predicted molar refractivity (Wildman–Crippen MR) is 104 cm³/mol. The van der Waals surface area contributed by atoms with Crippen LogP contribution in [0.15, 0.2) is 24.5 Å². The van der Waals surface area contributed by atoms with E-state index in [0.29, 0.717) is 17.6 Å². The second-order valence-corrected chi connectivity index (χ2v) is 8.44. The van der Waals surface area contributed by atoms with Crippen LogP contribution in [0.1, 0.15) is 18.4 Å². The maximum Gasteiger partial charge on any atom is 0.230 e. The summed E-state index contributed by atoms with van der Waals surface area (Å²) in [6.45, 7) is 2.94. The van der Waals surface area contributed by atoms with Gasteiger partial charge in [0.1, 0.15) is 5.65 Å². The molecule has 1 saturated heterocycles. The molecule has 0 unspecified atom stereocenters. The fourth-order valence-electron chi connectivity index (χ4n) is 4.58. The molecule has 0 bridgehead atoms. The van der Waals surface area contributed by atoms with E-state index in [-0.39, 0.29) is 11.9 Å². The fourth-order valence-corrected chi connectivity index (χ4v) is 4.92. The number of nitrogens with zero attached hydrogens (tertiary/aromatic N) is 2. The van der Waals surface area contributed by atoms with E-state index in [1.165, 1.54) is 22.7 Å². The molecule has 26 heavy (non-hydrogen) atoms. The maximum absolute atomic E-state index is 11.9. The summed E-state index contributed by atoms with van der Waals surface area (Å²) in [7, 11) is 0. The molecule has 4 rings (SSSR count). The Hall–Kier alpha value is -1.57. The monoisotopic (exact) mass is 374 g/mol. The number of aromatic nitrogens is 2. The molecule has 7 heteroatoms. The van der Waals surface area contributed by atoms with Gasteiger partial charge in [0, 0.05) is 37.4 Å². The molecule has 6 nitrogen and oxygen atoms in total. The van der Waals surface area contributed by atoms with Gasteiger partial charge in [-0.1, -0.05) is 0 Å². The van der Waals surface area contributed by atoms with Crippen molar-refractivity contribution in [3.8, 4) is 0 Å². The number of hydrogen-bond acceptors (Lipinski definition) is 5. The van der Waals surface area contributed by atoms with Crippen LogP contribution in [0.25, 0.3) is 11.0 Å². The summed E-state index contributed by atoms with van der Waals surface area (Å²) in [5.41, 5.74) is 2.21. The van der Waals surface area contributed by atoms with Gasteiger partial charge in [0.2, 0.25) is 5.91 Å². The van der Waals surface area contributed by atoms with Crippen molar-refractivity contribution < 1.29 is 9.90 Å². The molecule has 2 fully saturated rings. The average molecular weight is 375 g/mol. The number of thioether (sulfide) groups is 1. The Morgan fingerprint density at radius 3 is 3.04 bits per heavy atom. The Morgan fingerprint density at radius 2 is 2.23 bits per heavy atom. The molecule has 1 saturated carbocycles. The number of fused-ring (bicyclic) bond motifs is 2. The van der Waals surface area contributed by atoms with Crippen LogP contribution in [0.5, 0.6) is 0 Å². The van der Waals surface area contributed by atoms with Crippen LogP contribution in [-0.4, -0.2) is 63.1 Å². The van der Waals surface area contributed by atoms with Crippen molar-refractivity contribution in [3.05, 3.63) is 30.1 Å². The van der Waals surface area contributed by atoms with Crippen molar-refractivity contribution >= 4 is 28.7 Å². The van der Waals surface area contributed by atoms with E-state index in [2.05, 4.69) is 32.4 Å². The van der Waals surface area contributed by atoms with Gasteiger partial charge in [-0.05, 0) is 48.6 Å². The lowest BCUT2D eigenvalue weighted by Crippen LogP contribution is -2.49. The molecule has 0 spiro atoms. The van der Waals surface area contributed by atoms with Gasteiger partial charge in [0.15, 0.2) is 0 Å². The van der Waals surface area contributed by atoms with Crippen LogP contribution in [-0.2, 0) is 11.3 Å². The SMILES string of the molecule is CSCC(=O)N[C@H]1C[C@H]2CN(Cc3c[nH]c4ncccc34)C[C@H]2C[C@@H]1O. The average Bonchev–Trinajstić information content (AvgIpc) is 3.19. The summed E-state index contributed by atoms with van der Waals surface area (Å²) >= 11 is 1.51. The number of amides is 1. The van der Waals surface area contributed by atoms with Gasteiger partial charge in [0.25, 0.3) is 0 Å². The lowest BCUT2D eigenvalue weighted by atomic mass is 9.77. The zero-order valence-corrected chi connectivity index (χ0v) is 15.8. The first-order valence-electron chi connectivity index (χ1n) is 9.23. The first-order valence-corrected chi connectivity index (χ1v) is 10.6. The molecule has 3 heterocycles. The highest BCUT2D eigenvalue weighted by Crippen LogP contribution is 2.37. The van der Waals surface area contributed by atoms with Crippen molar-refractivity contribution in [2.75, 3.05) is 25.1 Å². The third kappa shape index (κ3) is 3.61. The van der Waals surface area contributed by atoms with Crippen LogP contribution in [0.3, 0.4) is 0 Å². The van der Waals surface area contributed by atoms with Crippen LogP contribution in [0.2, 0.25) is 0 Å². The quantitative estimate of drug-likeness (QED) is 0.741. The van der Waals surface area contributed by atoms with Crippen LogP contribution in [0.4, 0.5) is 0 Å². The third-order valence-electron chi connectivity index (χ3n) is 5.77. The minimum absolute atomic E-state index is 0.0288. The van der Waals surface area contributed by atoms with E-state index in [1.807, 2.05) is 12.3 Å². The lowest BCUT2D eigenvalue weighted by Gasteiger charge is -2.35. The second kappa shape index (κ2) is 7.58. The molecular formula is C19H26N4O2S. The summed E-state index contributed by atoms with van der Waals surface area (Å²) in [6.07, 6.45) is 7.00. The van der Waals surface area contributed by atoms with Crippen molar-refractivity contribution in [2.24, 2.45) is 11.8 Å². The summed E-state index contributed by atoms with van der Waals surface area (Å²) in [4.78, 5) is 22.0. The minimum atomic E-state index is -0.431. The standard InChI is InChI=1S/C19H26N4O2S/c1-26-11-18(25)22-16-5-12-8-23(9-13(12)6-17(16)24)10-14-7-21-19-15(14)3-2-4-20-19/h2-4,7,12-13,16-17,24H,5-6,8-11H2,1H3,(H,20,21)(H,22,25)/t12-,13+,16-,17-/m0/s1. The Balaban J connectivity index is 1.39. The molecule has 4 atom stereocenters. The molecule has 3 N–H and O–H groups in total. The lowest BCUT2D eigenvalue weighted by molar-refractivity contribution is -0.120. The molecule has 2 aromatic heterocycles. The van der Waals surface area contributed by atoms with Gasteiger partial charge in [-0.15, -0.1) is 0 Å². The largest absolute Gasteiger partial charge is 0.391 e. The highest BCUT2D eigenvalue weighted by Gasteiger charge is 2.42. The molecule has 0 aromatic carbocycles. The second-order valence-electron chi connectivity index (χ2n) is 7.57. The molecule has 1 aliphatic carbocycles. The minimum Gasteiger partial charge on any atom is -0.391 e. The first-order chi connectivity index (χ1) is 12.6. The molecule has 2 aliphatic rings. The predicted octanol–water partition coefficient (Wildman–Crippen LogP) is 1.61. The normalized spacial score (nSPS) is 29.0. The van der Waals surface area contributed by atoms with E-state index in [1.54, 1.807) is 6.20 Å². The van der Waals surface area contributed by atoms with E-state index in [4.69, 9.17) is 0 Å². The number of likely N-dealkylation sites (tertiary alicyclic amines) is 1. The Kier molecular flexibility index (Phi) is 5.20. The van der Waals surface area contributed by atoms with Crippen LogP contribution < -0.4 is 5.32 Å². The summed E-state index contributed by atoms with van der Waals surface area (Å²) in [5, 5.41) is 14.7. The molecule has 1 aliphatic heterocycles. The number of aromatic amines is 1. The van der Waals surface area contributed by atoms with Crippen molar-refractivity contribution in [1.29, 1.82) is 0 Å². The van der Waals surface area contributed by atoms with Gasteiger partial charge in [-0.3, -0.25) is 9.69 Å². The summed E-state index contributed by atoms with van der Waals surface area (Å²) in [6, 6.07) is 3.98. The number of nitrogens with one attached hydrogen (secondary N) is 2. The number of H-pyrrole nitrogens is 1. The fraction of sp³-hybridized carbons (Fsp3) is 0.579. The Labute approximate surface area is 157 Å². The number of carbonyl (C=O) groups is 1. The first kappa shape index (κ1) is 17.8. The van der Waals surface area contributed by atoms with Gasteiger partial charge in [-0.2, -0.15) is 11.8 Å². The van der Waals surface area contributed by atoms with E-state index in [9.17, 15) is 9.90 Å². The van der Waals surface area contributed by atoms with E-state index in [0.717, 1.165) is 38.1 Å². The summed E-state index contributed by atoms with van der Waals surface area (Å²) in [5.74, 6) is 1.54. The Bertz CT molecular complexity index is 780. The summed E-state index contributed by atoms with van der Waals surface area (Å²) < 4.78 is 0. The number of aliphatic hydroxyl groups excluding tert-OH is 1. The topological polar surface area (TPSA) is 81.2 Å². The Morgan fingerprint density at radius 1 is 1.42 bits per heavy atom. The van der Waals surface area contributed by atoms with E-state index < -0.39 is 6.10 Å². The number of hydrogen-bond donors (Lipinski definition) is 3.